The van der Waals surface area contributed by atoms with Gasteiger partial charge in [-0.2, -0.15) is 0 Å². The average Bonchev–Trinajstić information content (AvgIpc) is 2.04. The first kappa shape index (κ1) is 12.8. The lowest BCUT2D eigenvalue weighted by molar-refractivity contribution is -0.500. The van der Waals surface area contributed by atoms with Gasteiger partial charge in [0.05, 0.1) is 26.2 Å². The van der Waals surface area contributed by atoms with Crippen molar-refractivity contribution in [2.24, 2.45) is 0 Å². The van der Waals surface area contributed by atoms with Crippen LogP contribution in [0.15, 0.2) is 25.7 Å². The molecule has 0 heterocycles. The zero-order valence-corrected chi connectivity index (χ0v) is 6.91. The summed E-state index contributed by atoms with van der Waals surface area (Å²) in [5, 5.41) is 3.98. The summed E-state index contributed by atoms with van der Waals surface area (Å²) in [5.74, 6) is 0. The average molecular weight is 162 g/mol. The predicted octanol–water partition coefficient (Wildman–Crippen LogP) is 1.81. The molecule has 4 nitrogen and oxygen atoms in total. The summed E-state index contributed by atoms with van der Waals surface area (Å²) in [4.78, 5) is 8.32. The Morgan fingerprint density at radius 3 is 1.91 bits per heavy atom. The Morgan fingerprint density at radius 2 is 1.82 bits per heavy atom. The Balaban J connectivity index is 0. The van der Waals surface area contributed by atoms with Crippen LogP contribution in [0.25, 0.3) is 0 Å². The van der Waals surface area contributed by atoms with Crippen LogP contribution in [-0.2, 0) is 19.6 Å². The molecule has 0 bridgehead atoms. The smallest absolute Gasteiger partial charge is 0.0829 e. The lowest BCUT2D eigenvalue weighted by atomic mass is 10.9. The standard InChI is InChI=1S/C4H6O.C3H8O3/c1-3-5-4-2;1-3-5-6-4-2/h3-4H,1-2H2;3H2,1-2H3. The Morgan fingerprint density at radius 1 is 1.27 bits per heavy atom. The quantitative estimate of drug-likeness (QED) is 0.267. The summed E-state index contributed by atoms with van der Waals surface area (Å²) in [6, 6.07) is 0. The monoisotopic (exact) mass is 162 g/mol. The molecule has 0 spiro atoms. The van der Waals surface area contributed by atoms with Crippen LogP contribution in [0.3, 0.4) is 0 Å². The third-order valence-corrected chi connectivity index (χ3v) is 0.426. The van der Waals surface area contributed by atoms with E-state index in [1.54, 1.807) is 6.92 Å². The second-order valence-electron chi connectivity index (χ2n) is 1.11. The van der Waals surface area contributed by atoms with Gasteiger partial charge in [0.1, 0.15) is 0 Å². The van der Waals surface area contributed by atoms with E-state index in [0.29, 0.717) is 6.61 Å². The van der Waals surface area contributed by atoms with Gasteiger partial charge < -0.3 is 4.74 Å². The predicted molar refractivity (Wildman–Crippen MR) is 41.2 cm³/mol. The number of hydrogen-bond donors (Lipinski definition) is 0. The van der Waals surface area contributed by atoms with E-state index in [9.17, 15) is 0 Å². The molecule has 4 heteroatoms. The van der Waals surface area contributed by atoms with Crippen LogP contribution in [0.4, 0.5) is 0 Å². The van der Waals surface area contributed by atoms with Crippen LogP contribution < -0.4 is 0 Å². The van der Waals surface area contributed by atoms with Crippen LogP contribution in [0.5, 0.6) is 0 Å². The third kappa shape index (κ3) is 27.1. The lowest BCUT2D eigenvalue weighted by Crippen LogP contribution is -1.89. The maximum atomic E-state index is 4.36. The summed E-state index contributed by atoms with van der Waals surface area (Å²) in [6.45, 7) is 8.83. The highest BCUT2D eigenvalue weighted by Crippen LogP contribution is 1.72. The minimum absolute atomic E-state index is 0.508. The highest BCUT2D eigenvalue weighted by molar-refractivity contribution is 4.57. The Hall–Kier alpha value is -0.840. The molecule has 0 fully saturated rings. The van der Waals surface area contributed by atoms with Crippen LogP contribution in [0.1, 0.15) is 6.92 Å². The normalized spacial score (nSPS) is 7.45. The highest BCUT2D eigenvalue weighted by atomic mass is 17.5. The van der Waals surface area contributed by atoms with Gasteiger partial charge >= 0.3 is 0 Å². The van der Waals surface area contributed by atoms with E-state index in [0.717, 1.165) is 0 Å². The van der Waals surface area contributed by atoms with Crippen molar-refractivity contribution in [3.8, 4) is 0 Å². The fourth-order valence-corrected chi connectivity index (χ4v) is 0.164. The summed E-state index contributed by atoms with van der Waals surface area (Å²) < 4.78 is 4.36. The second kappa shape index (κ2) is 16.1. The molecule has 0 radical (unpaired) electrons. The van der Waals surface area contributed by atoms with Gasteiger partial charge in [-0.05, 0) is 6.92 Å². The molecule has 0 aromatic carbocycles. The molecule has 0 aliphatic rings. The van der Waals surface area contributed by atoms with Gasteiger partial charge in [-0.3, -0.25) is 0 Å². The first-order chi connectivity index (χ1) is 5.33. The van der Waals surface area contributed by atoms with E-state index in [1.807, 2.05) is 0 Å². The molecular weight excluding hydrogens is 148 g/mol. The molecule has 0 atom stereocenters. The van der Waals surface area contributed by atoms with Crippen molar-refractivity contribution < 1.29 is 19.6 Å². The van der Waals surface area contributed by atoms with E-state index >= 15 is 0 Å². The van der Waals surface area contributed by atoms with Crippen molar-refractivity contribution in [1.82, 2.24) is 0 Å². The van der Waals surface area contributed by atoms with E-state index in [4.69, 9.17) is 0 Å². The largest absolute Gasteiger partial charge is 0.474 e. The van der Waals surface area contributed by atoms with Crippen molar-refractivity contribution in [2.45, 2.75) is 6.92 Å². The lowest BCUT2D eigenvalue weighted by Gasteiger charge is -1.90. The Kier molecular flexibility index (Phi) is 18.7. The fourth-order valence-electron chi connectivity index (χ4n) is 0.164. The minimum atomic E-state index is 0.508. The number of ether oxygens (including phenoxy) is 1. The highest BCUT2D eigenvalue weighted by Gasteiger charge is 1.72. The van der Waals surface area contributed by atoms with Crippen LogP contribution in [-0.4, -0.2) is 13.7 Å². The van der Waals surface area contributed by atoms with E-state index in [1.165, 1.54) is 19.6 Å². The fraction of sp³-hybridized carbons (Fsp3) is 0.429. The summed E-state index contributed by atoms with van der Waals surface area (Å²) in [5.41, 5.74) is 0. The molecule has 0 N–H and O–H groups in total. The molecule has 0 unspecified atom stereocenters. The number of rotatable bonds is 5. The van der Waals surface area contributed by atoms with Crippen molar-refractivity contribution in [3.05, 3.63) is 25.7 Å². The molecule has 0 aliphatic heterocycles. The number of hydrogen-bond acceptors (Lipinski definition) is 4. The van der Waals surface area contributed by atoms with Crippen molar-refractivity contribution in [2.75, 3.05) is 13.7 Å². The SMILES string of the molecule is C=COC=C.CCOOOC. The third-order valence-electron chi connectivity index (χ3n) is 0.426. The molecule has 0 aliphatic carbocycles. The molecule has 0 aromatic rings. The molecule has 0 rings (SSSR count). The van der Waals surface area contributed by atoms with Gasteiger partial charge in [0.25, 0.3) is 0 Å². The molecular formula is C7H14O4. The maximum absolute atomic E-state index is 4.36. The first-order valence-electron chi connectivity index (χ1n) is 3.03. The molecule has 11 heavy (non-hydrogen) atoms. The summed E-state index contributed by atoms with van der Waals surface area (Å²) in [6.07, 6.45) is 2.62. The zero-order valence-electron chi connectivity index (χ0n) is 6.91. The van der Waals surface area contributed by atoms with Gasteiger partial charge in [0, 0.05) is 0 Å². The van der Waals surface area contributed by atoms with E-state index in [2.05, 4.69) is 32.7 Å². The van der Waals surface area contributed by atoms with Gasteiger partial charge in [0.2, 0.25) is 0 Å². The topological polar surface area (TPSA) is 36.9 Å². The second-order valence-corrected chi connectivity index (χ2v) is 1.11. The zero-order chi connectivity index (χ0) is 8.95. The molecule has 0 saturated carbocycles. The first-order valence-corrected chi connectivity index (χ1v) is 3.03. The Bertz CT molecular complexity index is 72.5. The molecule has 0 saturated heterocycles. The van der Waals surface area contributed by atoms with Crippen LogP contribution in [0.2, 0.25) is 0 Å². The molecule has 0 amide bonds. The molecule has 0 aromatic heterocycles. The maximum Gasteiger partial charge on any atom is 0.0829 e. The van der Waals surface area contributed by atoms with Gasteiger partial charge in [-0.15, -0.1) is 0 Å². The van der Waals surface area contributed by atoms with Crippen molar-refractivity contribution in [3.63, 3.8) is 0 Å². The van der Waals surface area contributed by atoms with E-state index in [-0.39, 0.29) is 0 Å². The van der Waals surface area contributed by atoms with Crippen LogP contribution in [0, 0.1) is 0 Å². The van der Waals surface area contributed by atoms with Crippen molar-refractivity contribution >= 4 is 0 Å². The molecule has 66 valence electrons. The summed E-state index contributed by atoms with van der Waals surface area (Å²) in [7, 11) is 1.38. The van der Waals surface area contributed by atoms with Gasteiger partial charge in [-0.25, -0.2) is 9.78 Å². The van der Waals surface area contributed by atoms with Gasteiger partial charge in [-0.1, -0.05) is 18.2 Å². The summed E-state index contributed by atoms with van der Waals surface area (Å²) >= 11 is 0. The minimum Gasteiger partial charge on any atom is -0.474 e. The van der Waals surface area contributed by atoms with Crippen LogP contribution >= 0.6 is 0 Å². The van der Waals surface area contributed by atoms with Crippen molar-refractivity contribution in [1.29, 1.82) is 0 Å². The van der Waals surface area contributed by atoms with E-state index < -0.39 is 0 Å². The van der Waals surface area contributed by atoms with Gasteiger partial charge in [0.15, 0.2) is 0 Å². The Labute approximate surface area is 66.9 Å².